The van der Waals surface area contributed by atoms with Crippen molar-refractivity contribution in [2.24, 2.45) is 10.2 Å². The van der Waals surface area contributed by atoms with Gasteiger partial charge >= 0.3 is 6.18 Å². The summed E-state index contributed by atoms with van der Waals surface area (Å²) in [5, 5.41) is 11.0. The Morgan fingerprint density at radius 2 is 1.79 bits per heavy atom. The number of rotatable bonds is 6. The first-order chi connectivity index (χ1) is 15.9. The van der Waals surface area contributed by atoms with Gasteiger partial charge in [0.05, 0.1) is 31.5 Å². The van der Waals surface area contributed by atoms with Crippen LogP contribution in [0, 0.1) is 5.82 Å². The number of ether oxygens (including phenoxy) is 1. The van der Waals surface area contributed by atoms with Gasteiger partial charge in [-0.3, -0.25) is 0 Å². The number of halogens is 4. The molecule has 7 nitrogen and oxygen atoms in total. The molecule has 0 bridgehead atoms. The fourth-order valence-corrected chi connectivity index (χ4v) is 3.21. The zero-order valence-corrected chi connectivity index (χ0v) is 17.4. The molecule has 1 aromatic heterocycles. The van der Waals surface area contributed by atoms with Gasteiger partial charge in [0.2, 0.25) is 0 Å². The average molecular weight is 460 g/mol. The lowest BCUT2D eigenvalue weighted by Crippen LogP contribution is -2.37. The summed E-state index contributed by atoms with van der Waals surface area (Å²) in [5.41, 5.74) is 1.07. The summed E-state index contributed by atoms with van der Waals surface area (Å²) in [6, 6.07) is 12.0. The van der Waals surface area contributed by atoms with Gasteiger partial charge in [-0.05, 0) is 35.9 Å². The zero-order valence-electron chi connectivity index (χ0n) is 17.4. The van der Waals surface area contributed by atoms with E-state index in [0.29, 0.717) is 37.7 Å². The monoisotopic (exact) mass is 460 g/mol. The third-order valence-electron chi connectivity index (χ3n) is 4.87. The van der Waals surface area contributed by atoms with E-state index >= 15 is 0 Å². The predicted octanol–water partition coefficient (Wildman–Crippen LogP) is 5.50. The Kier molecular flexibility index (Phi) is 6.78. The molecule has 1 fully saturated rings. The summed E-state index contributed by atoms with van der Waals surface area (Å²) in [6.45, 7) is 2.30. The molecule has 1 saturated heterocycles. The third kappa shape index (κ3) is 6.01. The number of nitrogens with one attached hydrogen (secondary N) is 1. The Bertz CT molecular complexity index is 1110. The zero-order chi connectivity index (χ0) is 23.3. The van der Waals surface area contributed by atoms with E-state index in [1.54, 1.807) is 35.2 Å². The molecule has 2 heterocycles. The normalized spacial score (nSPS) is 14.6. The van der Waals surface area contributed by atoms with Gasteiger partial charge in [0, 0.05) is 24.5 Å². The lowest BCUT2D eigenvalue weighted by molar-refractivity contribution is -0.137. The van der Waals surface area contributed by atoms with E-state index in [2.05, 4.69) is 25.5 Å². The third-order valence-corrected chi connectivity index (χ3v) is 4.87. The van der Waals surface area contributed by atoms with E-state index in [-0.39, 0.29) is 18.3 Å². The molecule has 1 N–H and O–H groups in total. The highest BCUT2D eigenvalue weighted by Crippen LogP contribution is 2.31. The number of anilines is 3. The Labute approximate surface area is 187 Å². The van der Waals surface area contributed by atoms with Crippen molar-refractivity contribution in [2.45, 2.75) is 12.7 Å². The van der Waals surface area contributed by atoms with Gasteiger partial charge in [-0.1, -0.05) is 18.2 Å². The predicted molar refractivity (Wildman–Crippen MR) is 114 cm³/mol. The van der Waals surface area contributed by atoms with Crippen molar-refractivity contribution in [2.75, 3.05) is 36.5 Å². The van der Waals surface area contributed by atoms with Crippen LogP contribution in [0.5, 0.6) is 0 Å². The highest BCUT2D eigenvalue weighted by molar-refractivity contribution is 5.60. The van der Waals surface area contributed by atoms with Crippen molar-refractivity contribution in [3.8, 4) is 0 Å². The lowest BCUT2D eigenvalue weighted by atomic mass is 10.1. The summed E-state index contributed by atoms with van der Waals surface area (Å²) < 4.78 is 57.9. The molecule has 3 aromatic rings. The molecular formula is C22H20F4N6O. The molecule has 11 heteroatoms. The van der Waals surface area contributed by atoms with Crippen LogP contribution in [0.25, 0.3) is 0 Å². The molecule has 2 aromatic carbocycles. The van der Waals surface area contributed by atoms with Crippen LogP contribution in [0.2, 0.25) is 0 Å². The number of aromatic nitrogens is 2. The Morgan fingerprint density at radius 1 is 1.03 bits per heavy atom. The smallest absolute Gasteiger partial charge is 0.378 e. The van der Waals surface area contributed by atoms with Crippen molar-refractivity contribution >= 4 is 23.1 Å². The van der Waals surface area contributed by atoms with Crippen LogP contribution in [-0.2, 0) is 17.5 Å². The van der Waals surface area contributed by atoms with Crippen molar-refractivity contribution in [1.29, 1.82) is 0 Å². The number of nitrogens with zero attached hydrogens (tertiary/aromatic N) is 5. The molecule has 0 spiro atoms. The van der Waals surface area contributed by atoms with E-state index in [0.717, 1.165) is 23.9 Å². The molecule has 0 radical (unpaired) electrons. The molecule has 172 valence electrons. The number of benzene rings is 2. The van der Waals surface area contributed by atoms with E-state index < -0.39 is 17.6 Å². The second-order valence-corrected chi connectivity index (χ2v) is 7.24. The molecule has 4 rings (SSSR count). The fraction of sp³-hybridized carbons (Fsp3) is 0.273. The van der Waals surface area contributed by atoms with Crippen LogP contribution < -0.4 is 10.2 Å². The standard InChI is InChI=1S/C22H20F4N6O/c23-19-14-27-21(30-20(19)32-8-10-33-11-9-32)31-28-13-15-4-6-17(7-5-15)29-18-3-1-2-16(12-18)22(24,25)26/h1-7,12,14,29H,8-11,13H2. The lowest BCUT2D eigenvalue weighted by Gasteiger charge is -2.27. The van der Waals surface area contributed by atoms with Crippen LogP contribution in [0.1, 0.15) is 11.1 Å². The number of morpholine rings is 1. The quantitative estimate of drug-likeness (QED) is 0.389. The van der Waals surface area contributed by atoms with Crippen LogP contribution >= 0.6 is 0 Å². The van der Waals surface area contributed by atoms with Gasteiger partial charge in [0.1, 0.15) is 0 Å². The number of alkyl halides is 3. The minimum Gasteiger partial charge on any atom is -0.378 e. The summed E-state index contributed by atoms with van der Waals surface area (Å²) in [5.74, 6) is -0.298. The summed E-state index contributed by atoms with van der Waals surface area (Å²) in [6.07, 6.45) is -3.33. The van der Waals surface area contributed by atoms with Gasteiger partial charge in [-0.15, -0.1) is 5.11 Å². The fourth-order valence-electron chi connectivity index (χ4n) is 3.21. The topological polar surface area (TPSA) is 75.0 Å². The van der Waals surface area contributed by atoms with E-state index in [1.807, 2.05) is 0 Å². The number of hydrogen-bond donors (Lipinski definition) is 1. The van der Waals surface area contributed by atoms with Gasteiger partial charge < -0.3 is 15.0 Å². The molecule has 0 aliphatic carbocycles. The first-order valence-electron chi connectivity index (χ1n) is 10.1. The molecule has 0 unspecified atom stereocenters. The molecule has 1 aliphatic heterocycles. The average Bonchev–Trinajstić information content (AvgIpc) is 2.81. The maximum Gasteiger partial charge on any atom is 0.416 e. The van der Waals surface area contributed by atoms with Gasteiger partial charge in [-0.25, -0.2) is 9.37 Å². The van der Waals surface area contributed by atoms with Crippen LogP contribution in [0.15, 0.2) is 65.0 Å². The molecule has 0 atom stereocenters. The molecule has 1 aliphatic rings. The van der Waals surface area contributed by atoms with E-state index in [9.17, 15) is 17.6 Å². The van der Waals surface area contributed by atoms with Crippen LogP contribution in [-0.4, -0.2) is 36.3 Å². The molecular weight excluding hydrogens is 440 g/mol. The second-order valence-electron chi connectivity index (χ2n) is 7.24. The number of hydrogen-bond acceptors (Lipinski definition) is 7. The minimum atomic E-state index is -4.40. The molecule has 0 amide bonds. The Morgan fingerprint density at radius 3 is 2.52 bits per heavy atom. The highest BCUT2D eigenvalue weighted by atomic mass is 19.4. The largest absolute Gasteiger partial charge is 0.416 e. The molecule has 0 saturated carbocycles. The maximum atomic E-state index is 14.1. The van der Waals surface area contributed by atoms with E-state index in [4.69, 9.17) is 4.74 Å². The van der Waals surface area contributed by atoms with Gasteiger partial charge in [0.25, 0.3) is 5.95 Å². The van der Waals surface area contributed by atoms with Crippen molar-refractivity contribution in [3.63, 3.8) is 0 Å². The maximum absolute atomic E-state index is 14.1. The van der Waals surface area contributed by atoms with E-state index in [1.165, 1.54) is 6.07 Å². The van der Waals surface area contributed by atoms with Crippen molar-refractivity contribution < 1.29 is 22.3 Å². The first kappa shape index (κ1) is 22.6. The Hall–Kier alpha value is -3.60. The summed E-state index contributed by atoms with van der Waals surface area (Å²) in [7, 11) is 0. The Balaban J connectivity index is 1.37. The second kappa shape index (κ2) is 9.90. The van der Waals surface area contributed by atoms with Crippen molar-refractivity contribution in [1.82, 2.24) is 9.97 Å². The van der Waals surface area contributed by atoms with Crippen LogP contribution in [0.3, 0.4) is 0 Å². The minimum absolute atomic E-state index is 0.0562. The highest BCUT2D eigenvalue weighted by Gasteiger charge is 2.30. The van der Waals surface area contributed by atoms with Crippen molar-refractivity contribution in [3.05, 3.63) is 71.7 Å². The number of azo groups is 1. The first-order valence-corrected chi connectivity index (χ1v) is 10.1. The molecule has 33 heavy (non-hydrogen) atoms. The summed E-state index contributed by atoms with van der Waals surface area (Å²) >= 11 is 0. The van der Waals surface area contributed by atoms with Crippen LogP contribution in [0.4, 0.5) is 40.7 Å². The summed E-state index contributed by atoms with van der Waals surface area (Å²) in [4.78, 5) is 9.78. The SMILES string of the molecule is Fc1cnc(N=NCc2ccc(Nc3cccc(C(F)(F)F)c3)cc2)nc1N1CCOCC1. The van der Waals surface area contributed by atoms with Gasteiger partial charge in [-0.2, -0.15) is 23.3 Å². The van der Waals surface area contributed by atoms with Gasteiger partial charge in [0.15, 0.2) is 11.6 Å².